The van der Waals surface area contributed by atoms with Gasteiger partial charge in [-0.1, -0.05) is 12.1 Å². The summed E-state index contributed by atoms with van der Waals surface area (Å²) in [5, 5.41) is 13.1. The van der Waals surface area contributed by atoms with Crippen LogP contribution >= 0.6 is 0 Å². The van der Waals surface area contributed by atoms with Crippen LogP contribution in [0.1, 0.15) is 15.9 Å². The first-order valence-corrected chi connectivity index (χ1v) is 6.47. The van der Waals surface area contributed by atoms with Crippen molar-refractivity contribution >= 4 is 22.6 Å². The molecule has 106 valence electrons. The fraction of sp³-hybridized carbons (Fsp3) is 0.0625. The van der Waals surface area contributed by atoms with Crippen molar-refractivity contribution in [3.05, 3.63) is 65.6 Å². The molecule has 0 fully saturated rings. The molecule has 3 aromatic rings. The monoisotopic (exact) mass is 284 g/mol. The maximum Gasteiger partial charge on any atom is 0.338 e. The second-order valence-electron chi connectivity index (χ2n) is 4.71. The van der Waals surface area contributed by atoms with Crippen LogP contribution in [0.4, 0.5) is 10.1 Å². The highest BCUT2D eigenvalue weighted by atomic mass is 19.1. The van der Waals surface area contributed by atoms with Crippen LogP contribution in [0.5, 0.6) is 0 Å². The topological polar surface area (TPSA) is 65.1 Å². The molecule has 5 heteroatoms. The van der Waals surface area contributed by atoms with Crippen LogP contribution in [0.15, 0.2) is 48.7 Å². The van der Waals surface area contributed by atoms with Crippen LogP contribution in [-0.2, 0) is 6.54 Å². The zero-order valence-electron chi connectivity index (χ0n) is 11.1. The highest BCUT2D eigenvalue weighted by Gasteiger charge is 2.10. The molecule has 0 unspecified atom stereocenters. The number of aromatic amines is 1. The molecule has 0 aliphatic carbocycles. The second-order valence-corrected chi connectivity index (χ2v) is 4.71. The van der Waals surface area contributed by atoms with Crippen molar-refractivity contribution in [3.8, 4) is 0 Å². The van der Waals surface area contributed by atoms with Crippen LogP contribution in [0.3, 0.4) is 0 Å². The van der Waals surface area contributed by atoms with Gasteiger partial charge in [0.05, 0.1) is 5.56 Å². The molecule has 1 aromatic heterocycles. The maximum atomic E-state index is 13.3. The normalized spacial score (nSPS) is 10.7. The molecular formula is C16H13FN2O2. The van der Waals surface area contributed by atoms with Gasteiger partial charge in [0.15, 0.2) is 0 Å². The number of rotatable bonds is 4. The minimum Gasteiger partial charge on any atom is -0.478 e. The molecule has 1 heterocycles. The van der Waals surface area contributed by atoms with E-state index in [2.05, 4.69) is 10.3 Å². The average Bonchev–Trinajstić information content (AvgIpc) is 2.95. The van der Waals surface area contributed by atoms with Crippen LogP contribution < -0.4 is 5.32 Å². The van der Waals surface area contributed by atoms with Crippen molar-refractivity contribution in [2.75, 3.05) is 5.32 Å². The summed E-state index contributed by atoms with van der Waals surface area (Å²) >= 11 is 0. The number of carboxylic acid groups (broad SMARTS) is 1. The van der Waals surface area contributed by atoms with E-state index in [1.54, 1.807) is 0 Å². The predicted octanol–water partition coefficient (Wildman–Crippen LogP) is 3.62. The Bertz CT molecular complexity index is 811. The highest BCUT2D eigenvalue weighted by Crippen LogP contribution is 2.20. The van der Waals surface area contributed by atoms with Gasteiger partial charge in [0.25, 0.3) is 0 Å². The minimum absolute atomic E-state index is 0.333. The third-order valence-corrected chi connectivity index (χ3v) is 3.36. The van der Waals surface area contributed by atoms with Crippen LogP contribution in [-0.4, -0.2) is 16.1 Å². The van der Waals surface area contributed by atoms with Gasteiger partial charge in [-0.15, -0.1) is 0 Å². The van der Waals surface area contributed by atoms with Crippen molar-refractivity contribution in [2.24, 2.45) is 0 Å². The van der Waals surface area contributed by atoms with Gasteiger partial charge in [0, 0.05) is 29.3 Å². The third kappa shape index (κ3) is 2.58. The smallest absolute Gasteiger partial charge is 0.338 e. The van der Waals surface area contributed by atoms with E-state index in [1.807, 2.05) is 30.5 Å². The van der Waals surface area contributed by atoms with E-state index in [0.717, 1.165) is 22.5 Å². The van der Waals surface area contributed by atoms with E-state index in [4.69, 9.17) is 5.11 Å². The van der Waals surface area contributed by atoms with Crippen molar-refractivity contribution in [2.45, 2.75) is 6.54 Å². The summed E-state index contributed by atoms with van der Waals surface area (Å²) in [5.41, 5.74) is 2.36. The molecule has 0 atom stereocenters. The number of halogens is 1. The van der Waals surface area contributed by atoms with E-state index in [0.29, 0.717) is 12.2 Å². The summed E-state index contributed by atoms with van der Waals surface area (Å²) in [6.45, 7) is 0.528. The molecule has 2 aromatic carbocycles. The Morgan fingerprint density at radius 3 is 2.90 bits per heavy atom. The molecule has 21 heavy (non-hydrogen) atoms. The zero-order valence-corrected chi connectivity index (χ0v) is 11.1. The predicted molar refractivity (Wildman–Crippen MR) is 79.0 cm³/mol. The molecule has 4 nitrogen and oxygen atoms in total. The summed E-state index contributed by atoms with van der Waals surface area (Å²) in [6, 6.07) is 11.9. The Balaban J connectivity index is 1.83. The Kier molecular flexibility index (Phi) is 3.31. The third-order valence-electron chi connectivity index (χ3n) is 3.36. The van der Waals surface area contributed by atoms with Crippen molar-refractivity contribution in [3.63, 3.8) is 0 Å². The fourth-order valence-electron chi connectivity index (χ4n) is 2.30. The lowest BCUT2D eigenvalue weighted by Gasteiger charge is -2.09. The number of carbonyl (C=O) groups is 1. The number of aromatic carboxylic acids is 1. The van der Waals surface area contributed by atoms with E-state index < -0.39 is 11.8 Å². The number of aromatic nitrogens is 1. The molecular weight excluding hydrogens is 271 g/mol. The Morgan fingerprint density at radius 1 is 1.24 bits per heavy atom. The number of hydrogen-bond donors (Lipinski definition) is 3. The first-order valence-electron chi connectivity index (χ1n) is 6.47. The lowest BCUT2D eigenvalue weighted by atomic mass is 10.1. The van der Waals surface area contributed by atoms with Gasteiger partial charge in [-0.2, -0.15) is 0 Å². The second kappa shape index (κ2) is 5.28. The molecule has 0 aliphatic heterocycles. The Hall–Kier alpha value is -2.82. The van der Waals surface area contributed by atoms with Gasteiger partial charge in [-0.25, -0.2) is 9.18 Å². The summed E-state index contributed by atoms with van der Waals surface area (Å²) in [5.74, 6) is -2.01. The largest absolute Gasteiger partial charge is 0.478 e. The molecule has 0 bridgehead atoms. The summed E-state index contributed by atoms with van der Waals surface area (Å²) in [6.07, 6.45) is 1.87. The molecule has 0 saturated heterocycles. The SMILES string of the molecule is O=C(O)c1cc(NCc2cccc3[nH]ccc23)ccc1F. The molecule has 0 saturated carbocycles. The van der Waals surface area contributed by atoms with Gasteiger partial charge < -0.3 is 15.4 Å². The number of anilines is 1. The van der Waals surface area contributed by atoms with Gasteiger partial charge in [-0.3, -0.25) is 0 Å². The van der Waals surface area contributed by atoms with Gasteiger partial charge in [0.2, 0.25) is 0 Å². The number of carboxylic acids is 1. The Morgan fingerprint density at radius 2 is 2.10 bits per heavy atom. The number of benzene rings is 2. The molecule has 0 radical (unpaired) electrons. The lowest BCUT2D eigenvalue weighted by Crippen LogP contribution is -2.04. The highest BCUT2D eigenvalue weighted by molar-refractivity contribution is 5.89. The van der Waals surface area contributed by atoms with Crippen molar-refractivity contribution < 1.29 is 14.3 Å². The minimum atomic E-state index is -1.27. The van der Waals surface area contributed by atoms with E-state index in [-0.39, 0.29) is 5.56 Å². The first-order chi connectivity index (χ1) is 10.1. The van der Waals surface area contributed by atoms with Gasteiger partial charge in [-0.05, 0) is 35.9 Å². The molecule has 0 amide bonds. The first kappa shape index (κ1) is 13.2. The number of hydrogen-bond acceptors (Lipinski definition) is 2. The standard InChI is InChI=1S/C16H13FN2O2/c17-14-5-4-11(8-13(14)16(20)21)19-9-10-2-1-3-15-12(10)6-7-18-15/h1-8,18-19H,9H2,(H,20,21). The van der Waals surface area contributed by atoms with E-state index in [9.17, 15) is 9.18 Å². The van der Waals surface area contributed by atoms with Crippen molar-refractivity contribution in [1.29, 1.82) is 0 Å². The zero-order chi connectivity index (χ0) is 14.8. The fourth-order valence-corrected chi connectivity index (χ4v) is 2.30. The summed E-state index contributed by atoms with van der Waals surface area (Å²) in [4.78, 5) is 14.1. The van der Waals surface area contributed by atoms with E-state index >= 15 is 0 Å². The lowest BCUT2D eigenvalue weighted by molar-refractivity contribution is 0.0692. The summed E-state index contributed by atoms with van der Waals surface area (Å²) in [7, 11) is 0. The van der Waals surface area contributed by atoms with Crippen LogP contribution in [0, 0.1) is 5.82 Å². The molecule has 0 spiro atoms. The van der Waals surface area contributed by atoms with Gasteiger partial charge >= 0.3 is 5.97 Å². The summed E-state index contributed by atoms with van der Waals surface area (Å²) < 4.78 is 13.3. The molecule has 3 N–H and O–H groups in total. The van der Waals surface area contributed by atoms with Crippen LogP contribution in [0.25, 0.3) is 10.9 Å². The molecule has 3 rings (SSSR count). The van der Waals surface area contributed by atoms with E-state index in [1.165, 1.54) is 12.1 Å². The quantitative estimate of drug-likeness (QED) is 0.685. The number of nitrogens with one attached hydrogen (secondary N) is 2. The number of fused-ring (bicyclic) bond motifs is 1. The van der Waals surface area contributed by atoms with Crippen molar-refractivity contribution in [1.82, 2.24) is 4.98 Å². The van der Waals surface area contributed by atoms with Crippen LogP contribution in [0.2, 0.25) is 0 Å². The maximum absolute atomic E-state index is 13.3. The molecule has 0 aliphatic rings. The number of H-pyrrole nitrogens is 1. The Labute approximate surface area is 120 Å². The van der Waals surface area contributed by atoms with Gasteiger partial charge in [0.1, 0.15) is 5.82 Å². The average molecular weight is 284 g/mol.